The summed E-state index contributed by atoms with van der Waals surface area (Å²) in [6, 6.07) is 14.3. The van der Waals surface area contributed by atoms with E-state index in [9.17, 15) is 9.59 Å². The number of ketones is 1. The maximum Gasteiger partial charge on any atom is 0.305 e. The molecule has 0 atom stereocenters. The molecule has 2 rings (SSSR count). The Morgan fingerprint density at radius 3 is 2.55 bits per heavy atom. The number of hydrogen-bond donors (Lipinski definition) is 0. The lowest BCUT2D eigenvalue weighted by atomic mass is 10.1. The summed E-state index contributed by atoms with van der Waals surface area (Å²) in [5.74, 6) is 0.109. The molecule has 0 radical (unpaired) electrons. The lowest BCUT2D eigenvalue weighted by Gasteiger charge is -2.03. The van der Waals surface area contributed by atoms with Crippen molar-refractivity contribution in [3.05, 3.63) is 42.5 Å². The van der Waals surface area contributed by atoms with Crippen molar-refractivity contribution >= 4 is 34.3 Å². The minimum Gasteiger partial charge on any atom is -0.469 e. The average Bonchev–Trinajstić information content (AvgIpc) is 2.50. The second-order valence-corrected chi connectivity index (χ2v) is 5.46. The Bertz CT molecular complexity index is 622. The first kappa shape index (κ1) is 14.6. The van der Waals surface area contributed by atoms with E-state index in [0.717, 1.165) is 4.90 Å². The summed E-state index contributed by atoms with van der Waals surface area (Å²) < 4.78 is 4.51. The van der Waals surface area contributed by atoms with Crippen molar-refractivity contribution in [2.75, 3.05) is 12.9 Å². The van der Waals surface area contributed by atoms with Crippen LogP contribution in [-0.4, -0.2) is 24.6 Å². The van der Waals surface area contributed by atoms with E-state index < -0.39 is 0 Å². The van der Waals surface area contributed by atoms with Gasteiger partial charge in [0.05, 0.1) is 19.3 Å². The number of Topliss-reactive ketones (excluding diaryl/α,β-unsaturated/α-hetero) is 1. The highest BCUT2D eigenvalue weighted by Crippen LogP contribution is 2.23. The lowest BCUT2D eigenvalue weighted by molar-refractivity contribution is -0.141. The van der Waals surface area contributed by atoms with Gasteiger partial charge in [-0.15, -0.1) is 11.8 Å². The molecule has 20 heavy (non-hydrogen) atoms. The number of carbonyl (C=O) groups excluding carboxylic acids is 2. The zero-order valence-corrected chi connectivity index (χ0v) is 12.1. The number of thioether (sulfide) groups is 1. The van der Waals surface area contributed by atoms with Crippen molar-refractivity contribution < 1.29 is 14.3 Å². The fourth-order valence-corrected chi connectivity index (χ4v) is 2.68. The van der Waals surface area contributed by atoms with Gasteiger partial charge in [0.2, 0.25) is 0 Å². The summed E-state index contributed by atoms with van der Waals surface area (Å²) >= 11 is 1.50. The molecular weight excluding hydrogens is 272 g/mol. The molecular formula is C16H16O3S. The van der Waals surface area contributed by atoms with Gasteiger partial charge in [0.1, 0.15) is 5.78 Å². The molecule has 0 N–H and O–H groups in total. The van der Waals surface area contributed by atoms with Gasteiger partial charge in [0.25, 0.3) is 0 Å². The van der Waals surface area contributed by atoms with Crippen molar-refractivity contribution in [1.82, 2.24) is 0 Å². The molecule has 0 amide bonds. The number of rotatable bonds is 6. The van der Waals surface area contributed by atoms with Crippen molar-refractivity contribution in [2.24, 2.45) is 0 Å². The predicted molar refractivity (Wildman–Crippen MR) is 80.9 cm³/mol. The summed E-state index contributed by atoms with van der Waals surface area (Å²) in [5.41, 5.74) is 0. The molecule has 0 heterocycles. The smallest absolute Gasteiger partial charge is 0.305 e. The van der Waals surface area contributed by atoms with E-state index in [1.54, 1.807) is 0 Å². The van der Waals surface area contributed by atoms with E-state index in [0.29, 0.717) is 5.75 Å². The van der Waals surface area contributed by atoms with Crippen molar-refractivity contribution in [3.8, 4) is 0 Å². The monoisotopic (exact) mass is 288 g/mol. The number of fused-ring (bicyclic) bond motifs is 1. The minimum atomic E-state index is -0.339. The molecule has 4 heteroatoms. The highest BCUT2D eigenvalue weighted by molar-refractivity contribution is 8.00. The Labute approximate surface area is 122 Å². The summed E-state index contributed by atoms with van der Waals surface area (Å²) in [6.45, 7) is 0. The van der Waals surface area contributed by atoms with Crippen LogP contribution >= 0.6 is 11.8 Å². The van der Waals surface area contributed by atoms with Crippen LogP contribution in [0.5, 0.6) is 0 Å². The number of benzene rings is 2. The molecule has 0 bridgehead atoms. The summed E-state index contributed by atoms with van der Waals surface area (Å²) in [5, 5.41) is 2.35. The minimum absolute atomic E-state index is 0.0635. The van der Waals surface area contributed by atoms with Gasteiger partial charge in [-0.3, -0.25) is 9.59 Å². The van der Waals surface area contributed by atoms with Crippen molar-refractivity contribution in [2.45, 2.75) is 17.7 Å². The normalized spacial score (nSPS) is 10.4. The summed E-state index contributed by atoms with van der Waals surface area (Å²) in [6.07, 6.45) is 0.404. The first-order valence-corrected chi connectivity index (χ1v) is 7.38. The van der Waals surface area contributed by atoms with Gasteiger partial charge in [-0.25, -0.2) is 0 Å². The Hall–Kier alpha value is -1.81. The van der Waals surface area contributed by atoms with Crippen LogP contribution in [0.15, 0.2) is 47.4 Å². The van der Waals surface area contributed by atoms with Crippen LogP contribution in [0.1, 0.15) is 12.8 Å². The largest absolute Gasteiger partial charge is 0.469 e. The highest BCUT2D eigenvalue weighted by Gasteiger charge is 2.07. The van der Waals surface area contributed by atoms with Crippen LogP contribution in [0.3, 0.4) is 0 Å². The first-order valence-electron chi connectivity index (χ1n) is 6.39. The Morgan fingerprint density at radius 1 is 1.05 bits per heavy atom. The van der Waals surface area contributed by atoms with Crippen LogP contribution in [-0.2, 0) is 14.3 Å². The summed E-state index contributed by atoms with van der Waals surface area (Å²) in [7, 11) is 1.33. The van der Waals surface area contributed by atoms with E-state index in [-0.39, 0.29) is 24.6 Å². The van der Waals surface area contributed by atoms with Crippen LogP contribution in [0.4, 0.5) is 0 Å². The highest BCUT2D eigenvalue weighted by atomic mass is 32.2. The van der Waals surface area contributed by atoms with Gasteiger partial charge in [-0.05, 0) is 22.9 Å². The number of carbonyl (C=O) groups is 2. The zero-order valence-electron chi connectivity index (χ0n) is 11.3. The van der Waals surface area contributed by atoms with Gasteiger partial charge in [0.15, 0.2) is 0 Å². The molecule has 0 aliphatic heterocycles. The first-order chi connectivity index (χ1) is 9.69. The SMILES string of the molecule is COC(=O)CCC(=O)CSc1ccc2ccccc2c1. The Kier molecular flexibility index (Phi) is 5.18. The predicted octanol–water partition coefficient (Wildman–Crippen LogP) is 3.45. The molecule has 0 fully saturated rings. The fraction of sp³-hybridized carbons (Fsp3) is 0.250. The number of hydrogen-bond acceptors (Lipinski definition) is 4. The molecule has 0 aromatic heterocycles. The van der Waals surface area contributed by atoms with Gasteiger partial charge in [-0.1, -0.05) is 30.3 Å². The number of esters is 1. The third-order valence-electron chi connectivity index (χ3n) is 2.96. The van der Waals surface area contributed by atoms with Gasteiger partial charge >= 0.3 is 5.97 Å². The van der Waals surface area contributed by atoms with Crippen LogP contribution < -0.4 is 0 Å². The Morgan fingerprint density at radius 2 is 1.80 bits per heavy atom. The van der Waals surface area contributed by atoms with Gasteiger partial charge in [-0.2, -0.15) is 0 Å². The molecule has 2 aromatic rings. The standard InChI is InChI=1S/C16H16O3S/c1-19-16(18)9-7-14(17)11-20-15-8-6-12-4-2-3-5-13(12)10-15/h2-6,8,10H,7,9,11H2,1H3. The van der Waals surface area contributed by atoms with Crippen LogP contribution in [0.25, 0.3) is 10.8 Å². The molecule has 3 nitrogen and oxygen atoms in total. The van der Waals surface area contributed by atoms with Crippen LogP contribution in [0.2, 0.25) is 0 Å². The van der Waals surface area contributed by atoms with E-state index in [2.05, 4.69) is 29.0 Å². The van der Waals surface area contributed by atoms with Crippen molar-refractivity contribution in [3.63, 3.8) is 0 Å². The van der Waals surface area contributed by atoms with Gasteiger partial charge < -0.3 is 4.74 Å². The zero-order chi connectivity index (χ0) is 14.4. The van der Waals surface area contributed by atoms with E-state index in [4.69, 9.17) is 0 Å². The molecule has 0 aliphatic carbocycles. The molecule has 0 unspecified atom stereocenters. The number of methoxy groups -OCH3 is 1. The van der Waals surface area contributed by atoms with Gasteiger partial charge in [0, 0.05) is 11.3 Å². The maximum absolute atomic E-state index is 11.7. The molecule has 2 aromatic carbocycles. The third kappa shape index (κ3) is 4.10. The average molecular weight is 288 g/mol. The quantitative estimate of drug-likeness (QED) is 0.603. The molecule has 0 saturated heterocycles. The second kappa shape index (κ2) is 7.10. The number of ether oxygens (including phenoxy) is 1. The molecule has 0 saturated carbocycles. The lowest BCUT2D eigenvalue weighted by Crippen LogP contribution is -2.07. The fourth-order valence-electron chi connectivity index (χ4n) is 1.84. The van der Waals surface area contributed by atoms with E-state index in [1.165, 1.54) is 29.6 Å². The van der Waals surface area contributed by atoms with Crippen molar-refractivity contribution in [1.29, 1.82) is 0 Å². The molecule has 104 valence electrons. The third-order valence-corrected chi connectivity index (χ3v) is 4.01. The molecule has 0 aliphatic rings. The maximum atomic E-state index is 11.7. The topological polar surface area (TPSA) is 43.4 Å². The Balaban J connectivity index is 1.89. The van der Waals surface area contributed by atoms with Crippen LogP contribution in [0, 0.1) is 0 Å². The van der Waals surface area contributed by atoms with E-state index in [1.807, 2.05) is 18.2 Å². The van der Waals surface area contributed by atoms with E-state index >= 15 is 0 Å². The molecule has 0 spiro atoms. The second-order valence-electron chi connectivity index (χ2n) is 4.41. The summed E-state index contributed by atoms with van der Waals surface area (Å²) in [4.78, 5) is 23.7.